The fourth-order valence-corrected chi connectivity index (χ4v) is 4.72. The average molecular weight is 420 g/mol. The number of nitrogens with zero attached hydrogens (tertiary/aromatic N) is 5. The molecule has 0 radical (unpaired) electrons. The first-order valence-electron chi connectivity index (χ1n) is 10.2. The summed E-state index contributed by atoms with van der Waals surface area (Å²) in [5.74, 6) is 0.872. The summed E-state index contributed by atoms with van der Waals surface area (Å²) >= 11 is 1.71. The standard InChI is InChI=1S/C23H25N5OS/c1-29-20-8-6-18(7-9-20)23-25-19(15-30-23)14-26-10-12-27(13-11-26)17-28-16-24-21-4-2-3-5-22(21)28/h2-9,15-16H,10-14,17H2,1H3. The summed E-state index contributed by atoms with van der Waals surface area (Å²) < 4.78 is 7.48. The van der Waals surface area contributed by atoms with Gasteiger partial charge in [-0.1, -0.05) is 12.1 Å². The highest BCUT2D eigenvalue weighted by molar-refractivity contribution is 7.13. The van der Waals surface area contributed by atoms with Crippen molar-refractivity contribution >= 4 is 22.4 Å². The molecule has 0 saturated carbocycles. The predicted octanol–water partition coefficient (Wildman–Crippen LogP) is 3.94. The van der Waals surface area contributed by atoms with E-state index in [-0.39, 0.29) is 0 Å². The van der Waals surface area contributed by atoms with E-state index in [2.05, 4.69) is 55.1 Å². The van der Waals surface area contributed by atoms with Crippen molar-refractivity contribution in [3.05, 3.63) is 65.9 Å². The Labute approximate surface area is 180 Å². The Kier molecular flexibility index (Phi) is 5.48. The van der Waals surface area contributed by atoms with Crippen molar-refractivity contribution in [3.63, 3.8) is 0 Å². The van der Waals surface area contributed by atoms with Crippen LogP contribution in [-0.2, 0) is 13.2 Å². The van der Waals surface area contributed by atoms with Crippen LogP contribution in [0.4, 0.5) is 0 Å². The van der Waals surface area contributed by atoms with E-state index in [0.29, 0.717) is 0 Å². The van der Waals surface area contributed by atoms with Crippen LogP contribution in [0.5, 0.6) is 5.75 Å². The van der Waals surface area contributed by atoms with Gasteiger partial charge < -0.3 is 9.30 Å². The number of hydrogen-bond acceptors (Lipinski definition) is 6. The number of imidazole rings is 1. The molecule has 1 aliphatic heterocycles. The highest BCUT2D eigenvalue weighted by Crippen LogP contribution is 2.26. The Morgan fingerprint density at radius 2 is 1.73 bits per heavy atom. The zero-order valence-corrected chi connectivity index (χ0v) is 17.9. The zero-order valence-electron chi connectivity index (χ0n) is 17.1. The number of para-hydroxylation sites is 2. The zero-order chi connectivity index (χ0) is 20.3. The highest BCUT2D eigenvalue weighted by Gasteiger charge is 2.19. The summed E-state index contributed by atoms with van der Waals surface area (Å²) in [7, 11) is 1.69. The molecule has 30 heavy (non-hydrogen) atoms. The Bertz CT molecular complexity index is 1110. The molecule has 3 heterocycles. The number of rotatable bonds is 6. The molecular weight excluding hydrogens is 394 g/mol. The molecule has 1 aliphatic rings. The molecule has 2 aromatic heterocycles. The van der Waals surface area contributed by atoms with Crippen LogP contribution in [0.2, 0.25) is 0 Å². The van der Waals surface area contributed by atoms with Gasteiger partial charge in [0.05, 0.1) is 36.8 Å². The molecule has 0 amide bonds. The van der Waals surface area contributed by atoms with Gasteiger partial charge >= 0.3 is 0 Å². The highest BCUT2D eigenvalue weighted by atomic mass is 32.1. The second kappa shape index (κ2) is 8.55. The van der Waals surface area contributed by atoms with Crippen LogP contribution in [0.25, 0.3) is 21.6 Å². The minimum absolute atomic E-state index is 0.872. The summed E-state index contributed by atoms with van der Waals surface area (Å²) in [6, 6.07) is 16.4. The van der Waals surface area contributed by atoms with Gasteiger partial charge in [-0.3, -0.25) is 9.80 Å². The van der Waals surface area contributed by atoms with Crippen molar-refractivity contribution in [2.75, 3.05) is 33.3 Å². The van der Waals surface area contributed by atoms with Crippen molar-refractivity contribution in [2.45, 2.75) is 13.2 Å². The molecule has 154 valence electrons. The first-order valence-corrected chi connectivity index (χ1v) is 11.1. The minimum Gasteiger partial charge on any atom is -0.497 e. The Morgan fingerprint density at radius 1 is 0.967 bits per heavy atom. The SMILES string of the molecule is COc1ccc(-c2nc(CN3CCN(Cn4cnc5ccccc54)CC3)cs2)cc1. The molecule has 1 saturated heterocycles. The van der Waals surface area contributed by atoms with Crippen LogP contribution in [-0.4, -0.2) is 57.6 Å². The number of fused-ring (bicyclic) bond motifs is 1. The summed E-state index contributed by atoms with van der Waals surface area (Å²) in [5.41, 5.74) is 4.56. The lowest BCUT2D eigenvalue weighted by Gasteiger charge is -2.34. The number of thiazole rings is 1. The van der Waals surface area contributed by atoms with Gasteiger partial charge in [0.15, 0.2) is 0 Å². The normalized spacial score (nSPS) is 15.6. The maximum atomic E-state index is 5.24. The molecule has 0 bridgehead atoms. The lowest BCUT2D eigenvalue weighted by molar-refractivity contribution is 0.103. The van der Waals surface area contributed by atoms with Crippen molar-refractivity contribution in [2.24, 2.45) is 0 Å². The molecule has 0 aliphatic carbocycles. The summed E-state index contributed by atoms with van der Waals surface area (Å²) in [6.45, 7) is 6.04. The number of hydrogen-bond donors (Lipinski definition) is 0. The van der Waals surface area contributed by atoms with E-state index in [1.165, 1.54) is 5.52 Å². The van der Waals surface area contributed by atoms with Crippen LogP contribution in [0.1, 0.15) is 5.69 Å². The summed E-state index contributed by atoms with van der Waals surface area (Å²) in [6.07, 6.45) is 1.95. The third-order valence-corrected chi connectivity index (χ3v) is 6.56. The molecule has 4 aromatic rings. The van der Waals surface area contributed by atoms with E-state index in [9.17, 15) is 0 Å². The van der Waals surface area contributed by atoms with Crippen LogP contribution in [0, 0.1) is 0 Å². The van der Waals surface area contributed by atoms with Crippen molar-refractivity contribution in [1.29, 1.82) is 0 Å². The molecule has 0 unspecified atom stereocenters. The Hall–Kier alpha value is -2.74. The fraction of sp³-hybridized carbons (Fsp3) is 0.304. The van der Waals surface area contributed by atoms with Gasteiger partial charge in [0.1, 0.15) is 10.8 Å². The van der Waals surface area contributed by atoms with Crippen LogP contribution in [0.3, 0.4) is 0 Å². The smallest absolute Gasteiger partial charge is 0.123 e. The van der Waals surface area contributed by atoms with Gasteiger partial charge in [0.2, 0.25) is 0 Å². The summed E-state index contributed by atoms with van der Waals surface area (Å²) in [5, 5.41) is 3.25. The fourth-order valence-electron chi connectivity index (χ4n) is 3.90. The number of benzene rings is 2. The lowest BCUT2D eigenvalue weighted by Crippen LogP contribution is -2.46. The molecular formula is C23H25N5OS. The molecule has 5 rings (SSSR count). The third kappa shape index (κ3) is 4.09. The number of aromatic nitrogens is 3. The van der Waals surface area contributed by atoms with E-state index >= 15 is 0 Å². The largest absolute Gasteiger partial charge is 0.497 e. The molecule has 0 N–H and O–H groups in total. The van der Waals surface area contributed by atoms with Gasteiger partial charge in [0.25, 0.3) is 0 Å². The van der Waals surface area contributed by atoms with E-state index in [1.807, 2.05) is 24.5 Å². The first-order chi connectivity index (χ1) is 14.8. The lowest BCUT2D eigenvalue weighted by atomic mass is 10.2. The van der Waals surface area contributed by atoms with E-state index < -0.39 is 0 Å². The number of piperazine rings is 1. The average Bonchev–Trinajstić information content (AvgIpc) is 3.43. The summed E-state index contributed by atoms with van der Waals surface area (Å²) in [4.78, 5) is 14.3. The van der Waals surface area contributed by atoms with Gasteiger partial charge in [-0.2, -0.15) is 0 Å². The quantitative estimate of drug-likeness (QED) is 0.474. The Morgan fingerprint density at radius 3 is 2.53 bits per heavy atom. The van der Waals surface area contributed by atoms with Crippen LogP contribution in [0.15, 0.2) is 60.2 Å². The monoisotopic (exact) mass is 419 g/mol. The van der Waals surface area contributed by atoms with Gasteiger partial charge in [-0.15, -0.1) is 11.3 Å². The van der Waals surface area contributed by atoms with Crippen molar-refractivity contribution in [3.8, 4) is 16.3 Å². The maximum absolute atomic E-state index is 5.24. The molecule has 6 nitrogen and oxygen atoms in total. The first kappa shape index (κ1) is 19.2. The second-order valence-corrected chi connectivity index (χ2v) is 8.47. The van der Waals surface area contributed by atoms with E-state index in [1.54, 1.807) is 18.4 Å². The molecule has 0 spiro atoms. The van der Waals surface area contributed by atoms with Crippen molar-refractivity contribution in [1.82, 2.24) is 24.3 Å². The molecule has 7 heteroatoms. The van der Waals surface area contributed by atoms with Gasteiger partial charge in [0, 0.05) is 43.7 Å². The van der Waals surface area contributed by atoms with E-state index in [4.69, 9.17) is 9.72 Å². The maximum Gasteiger partial charge on any atom is 0.123 e. The molecule has 1 fully saturated rings. The van der Waals surface area contributed by atoms with E-state index in [0.717, 1.165) is 66.9 Å². The van der Waals surface area contributed by atoms with Crippen LogP contribution >= 0.6 is 11.3 Å². The topological polar surface area (TPSA) is 46.4 Å². The number of methoxy groups -OCH3 is 1. The van der Waals surface area contributed by atoms with Gasteiger partial charge in [-0.25, -0.2) is 9.97 Å². The third-order valence-electron chi connectivity index (χ3n) is 5.62. The van der Waals surface area contributed by atoms with Crippen molar-refractivity contribution < 1.29 is 4.74 Å². The number of ether oxygens (including phenoxy) is 1. The molecule has 2 aromatic carbocycles. The molecule has 0 atom stereocenters. The second-order valence-electron chi connectivity index (χ2n) is 7.61. The minimum atomic E-state index is 0.872. The predicted molar refractivity (Wildman–Crippen MR) is 121 cm³/mol. The van der Waals surface area contributed by atoms with Gasteiger partial charge in [-0.05, 0) is 36.4 Å². The van der Waals surface area contributed by atoms with Crippen LogP contribution < -0.4 is 4.74 Å². The Balaban J connectivity index is 1.16.